The second-order valence-electron chi connectivity index (χ2n) is 9.35. The molecule has 0 saturated heterocycles. The number of carbonyl (C=O) groups is 1. The van der Waals surface area contributed by atoms with Gasteiger partial charge in [-0.2, -0.15) is 10.1 Å². The summed E-state index contributed by atoms with van der Waals surface area (Å²) in [7, 11) is 3.37. The highest BCUT2D eigenvalue weighted by atomic mass is 19.3. The summed E-state index contributed by atoms with van der Waals surface area (Å²) in [5, 5.41) is 4.85. The van der Waals surface area contributed by atoms with E-state index < -0.39 is 6.43 Å². The van der Waals surface area contributed by atoms with Crippen LogP contribution in [0.15, 0.2) is 24.3 Å². The molecule has 1 aromatic carbocycles. The Bertz CT molecular complexity index is 1220. The number of Topliss-reactive ketones (excluding diaryl/α,β-unsaturated/α-hetero) is 1. The number of rotatable bonds is 10. The Morgan fingerprint density at radius 1 is 1.24 bits per heavy atom. The SMILES string of the molecule is COc1ccc2c(c1)CCC2CCCC(=O)COc1cc(C(F)F)c2c(C3CC3)nn(C)c2n1. The number of aromatic nitrogens is 3. The van der Waals surface area contributed by atoms with Gasteiger partial charge in [0.25, 0.3) is 6.43 Å². The maximum atomic E-state index is 13.8. The minimum Gasteiger partial charge on any atom is -0.497 e. The Morgan fingerprint density at radius 2 is 2.06 bits per heavy atom. The van der Waals surface area contributed by atoms with Crippen molar-refractivity contribution in [2.75, 3.05) is 13.7 Å². The minimum absolute atomic E-state index is 0.0418. The largest absolute Gasteiger partial charge is 0.497 e. The number of fused-ring (bicyclic) bond motifs is 2. The monoisotopic (exact) mass is 469 g/mol. The highest BCUT2D eigenvalue weighted by molar-refractivity contribution is 5.84. The summed E-state index contributed by atoms with van der Waals surface area (Å²) < 4.78 is 40.0. The maximum Gasteiger partial charge on any atom is 0.264 e. The fourth-order valence-electron chi connectivity index (χ4n) is 5.05. The molecule has 5 rings (SSSR count). The van der Waals surface area contributed by atoms with E-state index in [1.165, 1.54) is 21.9 Å². The fourth-order valence-corrected chi connectivity index (χ4v) is 5.05. The van der Waals surface area contributed by atoms with Crippen LogP contribution in [0.1, 0.15) is 79.2 Å². The van der Waals surface area contributed by atoms with Gasteiger partial charge in [-0.1, -0.05) is 6.07 Å². The summed E-state index contributed by atoms with van der Waals surface area (Å²) in [6.07, 6.45) is 3.46. The number of hydrogen-bond acceptors (Lipinski definition) is 5. The molecule has 0 aliphatic heterocycles. The van der Waals surface area contributed by atoms with Gasteiger partial charge in [-0.3, -0.25) is 9.48 Å². The zero-order valence-electron chi connectivity index (χ0n) is 19.5. The van der Waals surface area contributed by atoms with E-state index in [4.69, 9.17) is 9.47 Å². The summed E-state index contributed by atoms with van der Waals surface area (Å²) in [5.74, 6) is 1.55. The summed E-state index contributed by atoms with van der Waals surface area (Å²) in [6.45, 7) is -0.174. The number of benzene rings is 1. The molecule has 2 aliphatic carbocycles. The number of pyridine rings is 1. The fraction of sp³-hybridized carbons (Fsp3) is 0.500. The van der Waals surface area contributed by atoms with Crippen molar-refractivity contribution in [2.45, 2.75) is 63.2 Å². The lowest BCUT2D eigenvalue weighted by molar-refractivity contribution is -0.121. The Morgan fingerprint density at radius 3 is 2.79 bits per heavy atom. The second kappa shape index (κ2) is 9.31. The van der Waals surface area contributed by atoms with Crippen LogP contribution in [-0.2, 0) is 18.3 Å². The van der Waals surface area contributed by atoms with Crippen LogP contribution in [0.5, 0.6) is 11.6 Å². The summed E-state index contributed by atoms with van der Waals surface area (Å²) in [5.41, 5.74) is 3.62. The van der Waals surface area contributed by atoms with Gasteiger partial charge >= 0.3 is 0 Å². The van der Waals surface area contributed by atoms with Gasteiger partial charge in [-0.15, -0.1) is 0 Å². The Labute approximate surface area is 197 Å². The zero-order chi connectivity index (χ0) is 23.8. The molecule has 0 spiro atoms. The lowest BCUT2D eigenvalue weighted by atomic mass is 9.95. The summed E-state index contributed by atoms with van der Waals surface area (Å²) in [4.78, 5) is 16.8. The van der Waals surface area contributed by atoms with Crippen LogP contribution in [-0.4, -0.2) is 34.3 Å². The molecule has 1 atom stereocenters. The molecule has 34 heavy (non-hydrogen) atoms. The number of halogens is 2. The molecule has 2 aromatic heterocycles. The molecule has 0 amide bonds. The summed E-state index contributed by atoms with van der Waals surface area (Å²) >= 11 is 0. The third kappa shape index (κ3) is 4.50. The molecule has 3 aromatic rings. The first-order valence-corrected chi connectivity index (χ1v) is 11.9. The molecule has 8 heteroatoms. The standard InChI is InChI=1S/C26H29F2N3O3/c1-31-26-23(24(30-31)16-7-8-16)21(25(27)28)13-22(29-26)34-14-18(32)5-3-4-15-6-9-17-12-19(33-2)10-11-20(15)17/h10-13,15-16,25H,3-9,14H2,1-2H3. The predicted molar refractivity (Wildman–Crippen MR) is 124 cm³/mol. The topological polar surface area (TPSA) is 66.2 Å². The first-order chi connectivity index (χ1) is 16.4. The predicted octanol–water partition coefficient (Wildman–Crippen LogP) is 5.64. The van der Waals surface area contributed by atoms with Crippen LogP contribution in [0.25, 0.3) is 11.0 Å². The molecule has 2 aliphatic rings. The van der Waals surface area contributed by atoms with E-state index in [-0.39, 0.29) is 29.8 Å². The van der Waals surface area contributed by atoms with Crippen molar-refractivity contribution in [3.8, 4) is 11.6 Å². The highest BCUT2D eigenvalue weighted by Gasteiger charge is 2.32. The van der Waals surface area contributed by atoms with Crippen molar-refractivity contribution in [3.05, 3.63) is 46.6 Å². The van der Waals surface area contributed by atoms with Crippen LogP contribution in [0, 0.1) is 0 Å². The van der Waals surface area contributed by atoms with Gasteiger partial charge in [-0.25, -0.2) is 8.78 Å². The van der Waals surface area contributed by atoms with E-state index in [1.807, 2.05) is 6.07 Å². The number of ketones is 1. The Balaban J connectivity index is 1.18. The van der Waals surface area contributed by atoms with E-state index in [2.05, 4.69) is 22.2 Å². The number of carbonyl (C=O) groups excluding carboxylic acids is 1. The van der Waals surface area contributed by atoms with Gasteiger partial charge in [-0.05, 0) is 67.7 Å². The van der Waals surface area contributed by atoms with Gasteiger partial charge < -0.3 is 9.47 Å². The maximum absolute atomic E-state index is 13.8. The van der Waals surface area contributed by atoms with Crippen molar-refractivity contribution in [1.82, 2.24) is 14.8 Å². The van der Waals surface area contributed by atoms with Crippen LogP contribution in [0.4, 0.5) is 8.78 Å². The lowest BCUT2D eigenvalue weighted by Gasteiger charge is -2.12. The Kier molecular flexibility index (Phi) is 6.23. The first kappa shape index (κ1) is 22.7. The molecular formula is C26H29F2N3O3. The number of ether oxygens (including phenoxy) is 2. The normalized spacial score (nSPS) is 17.4. The van der Waals surface area contributed by atoms with Crippen LogP contribution in [0.3, 0.4) is 0 Å². The van der Waals surface area contributed by atoms with Gasteiger partial charge in [0.05, 0.1) is 18.2 Å². The highest BCUT2D eigenvalue weighted by Crippen LogP contribution is 2.45. The molecular weight excluding hydrogens is 440 g/mol. The van der Waals surface area contributed by atoms with Crippen molar-refractivity contribution < 1.29 is 23.0 Å². The molecule has 180 valence electrons. The lowest BCUT2D eigenvalue weighted by Crippen LogP contribution is -2.12. The molecule has 1 fully saturated rings. The third-order valence-corrected chi connectivity index (χ3v) is 6.97. The Hall–Kier alpha value is -3.03. The zero-order valence-corrected chi connectivity index (χ0v) is 19.5. The van der Waals surface area contributed by atoms with E-state index in [9.17, 15) is 13.6 Å². The first-order valence-electron chi connectivity index (χ1n) is 11.9. The molecule has 0 bridgehead atoms. The molecule has 1 unspecified atom stereocenters. The van der Waals surface area contributed by atoms with E-state index in [0.717, 1.165) is 44.3 Å². The average Bonchev–Trinajstić information content (AvgIpc) is 3.52. The van der Waals surface area contributed by atoms with Crippen molar-refractivity contribution >= 4 is 16.8 Å². The molecule has 6 nitrogen and oxygen atoms in total. The van der Waals surface area contributed by atoms with Crippen molar-refractivity contribution in [3.63, 3.8) is 0 Å². The van der Waals surface area contributed by atoms with Gasteiger partial charge in [0.15, 0.2) is 11.4 Å². The average molecular weight is 470 g/mol. The molecule has 0 N–H and O–H groups in total. The van der Waals surface area contributed by atoms with Gasteiger partial charge in [0, 0.05) is 31.0 Å². The number of nitrogens with zero attached hydrogens (tertiary/aromatic N) is 3. The van der Waals surface area contributed by atoms with E-state index >= 15 is 0 Å². The van der Waals surface area contributed by atoms with Gasteiger partial charge in [0.1, 0.15) is 12.4 Å². The van der Waals surface area contributed by atoms with E-state index in [0.29, 0.717) is 29.1 Å². The van der Waals surface area contributed by atoms with Crippen molar-refractivity contribution in [2.24, 2.45) is 7.05 Å². The van der Waals surface area contributed by atoms with Crippen LogP contribution < -0.4 is 9.47 Å². The second-order valence-corrected chi connectivity index (χ2v) is 9.35. The number of methoxy groups -OCH3 is 1. The van der Waals surface area contributed by atoms with Crippen molar-refractivity contribution in [1.29, 1.82) is 0 Å². The third-order valence-electron chi connectivity index (χ3n) is 6.97. The number of hydrogen-bond donors (Lipinski definition) is 0. The quantitative estimate of drug-likeness (QED) is 0.384. The van der Waals surface area contributed by atoms with Crippen LogP contribution >= 0.6 is 0 Å². The molecule has 0 radical (unpaired) electrons. The minimum atomic E-state index is -2.67. The molecule has 1 saturated carbocycles. The smallest absolute Gasteiger partial charge is 0.264 e. The van der Waals surface area contributed by atoms with Gasteiger partial charge in [0.2, 0.25) is 5.88 Å². The number of aryl methyl sites for hydroxylation is 2. The summed E-state index contributed by atoms with van der Waals surface area (Å²) in [6, 6.07) is 7.48. The molecule has 2 heterocycles. The van der Waals surface area contributed by atoms with E-state index in [1.54, 1.807) is 14.2 Å². The number of alkyl halides is 2. The van der Waals surface area contributed by atoms with Crippen LogP contribution in [0.2, 0.25) is 0 Å².